The summed E-state index contributed by atoms with van der Waals surface area (Å²) in [7, 11) is 0. The fourth-order valence-corrected chi connectivity index (χ4v) is 5.44. The molecule has 1 atom stereocenters. The molecule has 2 N–H and O–H groups in total. The van der Waals surface area contributed by atoms with Crippen LogP contribution in [-0.4, -0.2) is 38.4 Å². The van der Waals surface area contributed by atoms with E-state index in [4.69, 9.17) is 14.5 Å². The molecule has 5 aromatic rings. The molecular weight excluding hydrogens is 550 g/mol. The molecule has 0 aliphatic rings. The number of fused-ring (bicyclic) bond motifs is 2. The summed E-state index contributed by atoms with van der Waals surface area (Å²) >= 11 is 0. The van der Waals surface area contributed by atoms with Crippen LogP contribution in [0, 0.1) is 5.92 Å². The number of benzene rings is 4. The molecule has 5 rings (SSSR count). The molecule has 4 aromatic carbocycles. The molecular formula is C37H43N3O4. The van der Waals surface area contributed by atoms with Gasteiger partial charge in [-0.15, -0.1) is 0 Å². The van der Waals surface area contributed by atoms with Crippen molar-refractivity contribution in [3.05, 3.63) is 66.7 Å². The highest BCUT2D eigenvalue weighted by molar-refractivity contribution is 5.99. The minimum atomic E-state index is -0.169. The Balaban J connectivity index is 1.48. The second-order valence-electron chi connectivity index (χ2n) is 11.5. The van der Waals surface area contributed by atoms with Gasteiger partial charge in [0.2, 0.25) is 0 Å². The summed E-state index contributed by atoms with van der Waals surface area (Å²) in [6, 6.07) is 21.8. The number of hydrogen-bond acceptors (Lipinski definition) is 7. The van der Waals surface area contributed by atoms with E-state index in [1.54, 1.807) is 0 Å². The molecule has 0 bridgehead atoms. The monoisotopic (exact) mass is 593 g/mol. The topological polar surface area (TPSA) is 97.6 Å². The van der Waals surface area contributed by atoms with Crippen molar-refractivity contribution in [2.75, 3.05) is 13.2 Å². The smallest absolute Gasteiger partial charge is 0.320 e. The zero-order valence-corrected chi connectivity index (χ0v) is 26.1. The Hall–Kier alpha value is -4.39. The molecule has 7 heteroatoms. The first-order chi connectivity index (χ1) is 21.5. The van der Waals surface area contributed by atoms with Crippen molar-refractivity contribution in [2.24, 2.45) is 5.92 Å². The van der Waals surface area contributed by atoms with Crippen LogP contribution in [0.15, 0.2) is 66.7 Å². The molecule has 0 fully saturated rings. The van der Waals surface area contributed by atoms with E-state index >= 15 is 0 Å². The van der Waals surface area contributed by atoms with Crippen LogP contribution in [0.2, 0.25) is 0 Å². The third-order valence-corrected chi connectivity index (χ3v) is 8.13. The molecule has 0 spiro atoms. The van der Waals surface area contributed by atoms with Crippen LogP contribution in [0.4, 0.5) is 0 Å². The highest BCUT2D eigenvalue weighted by Crippen LogP contribution is 2.40. The summed E-state index contributed by atoms with van der Waals surface area (Å²) in [6.45, 7) is 7.49. The lowest BCUT2D eigenvalue weighted by molar-refractivity contribution is 0.232. The Bertz CT molecular complexity index is 1680. The van der Waals surface area contributed by atoms with E-state index in [1.807, 2.05) is 24.3 Å². The zero-order valence-electron chi connectivity index (χ0n) is 26.1. The van der Waals surface area contributed by atoms with Crippen LogP contribution in [0.1, 0.15) is 72.1 Å². The molecule has 0 saturated heterocycles. The first-order valence-corrected chi connectivity index (χ1v) is 16.0. The van der Waals surface area contributed by atoms with Crippen molar-refractivity contribution in [1.29, 1.82) is 0 Å². The molecule has 1 unspecified atom stereocenters. The lowest BCUT2D eigenvalue weighted by Gasteiger charge is -2.17. The van der Waals surface area contributed by atoms with E-state index in [9.17, 15) is 10.2 Å². The SMILES string of the molecule is CCCCCCOc1nc(-c2ccc3cc4ccccc4cc3c2)nc(-c2c(O)cc(OCC(CC)CCCC)cc2O)n1. The summed E-state index contributed by atoms with van der Waals surface area (Å²) < 4.78 is 12.0. The van der Waals surface area contributed by atoms with E-state index in [0.29, 0.717) is 30.7 Å². The Morgan fingerprint density at radius 3 is 2.05 bits per heavy atom. The molecule has 44 heavy (non-hydrogen) atoms. The van der Waals surface area contributed by atoms with Crippen molar-refractivity contribution in [3.63, 3.8) is 0 Å². The number of aromatic hydroxyl groups is 2. The number of hydrogen-bond donors (Lipinski definition) is 2. The van der Waals surface area contributed by atoms with Gasteiger partial charge in [-0.3, -0.25) is 0 Å². The number of ether oxygens (including phenoxy) is 2. The van der Waals surface area contributed by atoms with Gasteiger partial charge in [-0.25, -0.2) is 4.98 Å². The van der Waals surface area contributed by atoms with Gasteiger partial charge in [0.15, 0.2) is 11.6 Å². The molecule has 230 valence electrons. The zero-order chi connectivity index (χ0) is 30.9. The van der Waals surface area contributed by atoms with Crippen LogP contribution >= 0.6 is 0 Å². The van der Waals surface area contributed by atoms with E-state index < -0.39 is 0 Å². The Labute approximate surface area is 259 Å². The molecule has 0 aliphatic carbocycles. The van der Waals surface area contributed by atoms with Gasteiger partial charge in [0.25, 0.3) is 0 Å². The molecule has 0 amide bonds. The van der Waals surface area contributed by atoms with E-state index in [0.717, 1.165) is 73.1 Å². The number of phenols is 2. The lowest BCUT2D eigenvalue weighted by Crippen LogP contribution is -2.11. The average molecular weight is 594 g/mol. The van der Waals surface area contributed by atoms with Crippen LogP contribution in [0.5, 0.6) is 23.3 Å². The van der Waals surface area contributed by atoms with E-state index in [1.165, 1.54) is 17.5 Å². The van der Waals surface area contributed by atoms with Gasteiger partial charge in [0.1, 0.15) is 22.8 Å². The largest absolute Gasteiger partial charge is 0.507 e. The Morgan fingerprint density at radius 1 is 0.659 bits per heavy atom. The van der Waals surface area contributed by atoms with Gasteiger partial charge in [-0.1, -0.05) is 95.7 Å². The highest BCUT2D eigenvalue weighted by Gasteiger charge is 2.20. The second kappa shape index (κ2) is 14.9. The maximum Gasteiger partial charge on any atom is 0.320 e. The molecule has 1 aromatic heterocycles. The van der Waals surface area contributed by atoms with Crippen LogP contribution in [-0.2, 0) is 0 Å². The van der Waals surface area contributed by atoms with Crippen LogP contribution < -0.4 is 9.47 Å². The molecule has 7 nitrogen and oxygen atoms in total. The highest BCUT2D eigenvalue weighted by atomic mass is 16.5. The second-order valence-corrected chi connectivity index (χ2v) is 11.5. The van der Waals surface area contributed by atoms with E-state index in [-0.39, 0.29) is 28.9 Å². The molecule has 0 saturated carbocycles. The van der Waals surface area contributed by atoms with Crippen molar-refractivity contribution in [3.8, 4) is 46.0 Å². The minimum absolute atomic E-state index is 0.113. The number of unbranched alkanes of at least 4 members (excludes halogenated alkanes) is 4. The van der Waals surface area contributed by atoms with E-state index in [2.05, 4.69) is 61.1 Å². The van der Waals surface area contributed by atoms with Gasteiger partial charge in [0.05, 0.1) is 13.2 Å². The van der Waals surface area contributed by atoms with Gasteiger partial charge < -0.3 is 19.7 Å². The Kier molecular flexibility index (Phi) is 10.5. The normalized spacial score (nSPS) is 12.1. The van der Waals surface area contributed by atoms with Gasteiger partial charge in [-0.2, -0.15) is 9.97 Å². The summed E-state index contributed by atoms with van der Waals surface area (Å²) in [6.07, 6.45) is 8.59. The summed E-state index contributed by atoms with van der Waals surface area (Å²) in [5.74, 6) is 1.02. The molecule has 0 aliphatic heterocycles. The van der Waals surface area contributed by atoms with Gasteiger partial charge in [0, 0.05) is 17.7 Å². The fourth-order valence-electron chi connectivity index (χ4n) is 5.44. The average Bonchev–Trinajstić information content (AvgIpc) is 3.03. The van der Waals surface area contributed by atoms with Crippen LogP contribution in [0.3, 0.4) is 0 Å². The van der Waals surface area contributed by atoms with Crippen molar-refractivity contribution in [2.45, 2.75) is 72.1 Å². The maximum atomic E-state index is 11.1. The van der Waals surface area contributed by atoms with Gasteiger partial charge in [-0.05, 0) is 58.5 Å². The molecule has 0 radical (unpaired) electrons. The quantitative estimate of drug-likeness (QED) is 0.0921. The summed E-state index contributed by atoms with van der Waals surface area (Å²) in [5, 5.41) is 26.6. The third kappa shape index (κ3) is 7.57. The molecule has 1 heterocycles. The first-order valence-electron chi connectivity index (χ1n) is 16.0. The summed E-state index contributed by atoms with van der Waals surface area (Å²) in [4.78, 5) is 13.9. The van der Waals surface area contributed by atoms with Crippen molar-refractivity contribution in [1.82, 2.24) is 15.0 Å². The van der Waals surface area contributed by atoms with Crippen molar-refractivity contribution >= 4 is 21.5 Å². The standard InChI is InChI=1S/C37H43N3O4/c1-4-7-9-12-18-43-37-39-35(29-17-16-28-19-26-14-10-11-15-27(26)20-30(28)21-29)38-36(40-37)34-32(41)22-31(23-33(34)42)44-24-25(6-3)13-8-5-2/h10-11,14-17,19-23,25,41-42H,4-9,12-13,18,24H2,1-3H3. The van der Waals surface area contributed by atoms with Gasteiger partial charge >= 0.3 is 6.01 Å². The Morgan fingerprint density at radius 2 is 1.34 bits per heavy atom. The predicted molar refractivity (Wildman–Crippen MR) is 177 cm³/mol. The lowest BCUT2D eigenvalue weighted by atomic mass is 10.0. The number of rotatable bonds is 15. The predicted octanol–water partition coefficient (Wildman–Crippen LogP) is 9.48. The third-order valence-electron chi connectivity index (χ3n) is 8.13. The minimum Gasteiger partial charge on any atom is -0.507 e. The number of phenolic OH excluding ortho intramolecular Hbond substituents is 2. The number of nitrogens with zero attached hydrogens (tertiary/aromatic N) is 3. The van der Waals surface area contributed by atoms with Crippen molar-refractivity contribution < 1.29 is 19.7 Å². The van der Waals surface area contributed by atoms with Crippen LogP contribution in [0.25, 0.3) is 44.3 Å². The first kappa shape index (κ1) is 31.0. The summed E-state index contributed by atoms with van der Waals surface area (Å²) in [5.41, 5.74) is 0.894. The number of aromatic nitrogens is 3. The maximum absolute atomic E-state index is 11.1. The fraction of sp³-hybridized carbons (Fsp3) is 0.378.